The van der Waals surface area contributed by atoms with E-state index < -0.39 is 0 Å². The first-order chi connectivity index (χ1) is 6.92. The van der Waals surface area contributed by atoms with Gasteiger partial charge in [-0.25, -0.2) is 0 Å². The molecule has 0 radical (unpaired) electrons. The first-order valence-electron chi connectivity index (χ1n) is 4.93. The highest BCUT2D eigenvalue weighted by Gasteiger charge is 2.12. The zero-order valence-electron chi connectivity index (χ0n) is 8.16. The molecule has 0 spiro atoms. The molecule has 1 aliphatic heterocycles. The summed E-state index contributed by atoms with van der Waals surface area (Å²) < 4.78 is 11.0. The van der Waals surface area contributed by atoms with E-state index in [1.807, 2.05) is 12.1 Å². The number of hydrogen-bond acceptors (Lipinski definition) is 3. The Morgan fingerprint density at radius 2 is 2.21 bits per heavy atom. The van der Waals surface area contributed by atoms with E-state index >= 15 is 0 Å². The summed E-state index contributed by atoms with van der Waals surface area (Å²) in [5, 5.41) is 0. The van der Waals surface area contributed by atoms with E-state index in [1.54, 1.807) is 0 Å². The van der Waals surface area contributed by atoms with Crippen molar-refractivity contribution in [2.45, 2.75) is 13.0 Å². The lowest BCUT2D eigenvalue weighted by Crippen LogP contribution is -2.07. The van der Waals surface area contributed by atoms with Gasteiger partial charge in [-0.15, -0.1) is 0 Å². The highest BCUT2D eigenvalue weighted by Crippen LogP contribution is 2.26. The van der Waals surface area contributed by atoms with Gasteiger partial charge in [0.2, 0.25) is 0 Å². The zero-order valence-corrected chi connectivity index (χ0v) is 8.16. The van der Waals surface area contributed by atoms with Crippen molar-refractivity contribution >= 4 is 0 Å². The molecule has 14 heavy (non-hydrogen) atoms. The Labute approximate surface area is 83.8 Å². The fraction of sp³-hybridized carbons (Fsp3) is 0.455. The second-order valence-corrected chi connectivity index (χ2v) is 3.35. The van der Waals surface area contributed by atoms with Crippen LogP contribution < -0.4 is 10.5 Å². The summed E-state index contributed by atoms with van der Waals surface area (Å²) in [4.78, 5) is 0. The summed E-state index contributed by atoms with van der Waals surface area (Å²) in [7, 11) is 0. The van der Waals surface area contributed by atoms with Crippen molar-refractivity contribution in [2.24, 2.45) is 5.73 Å². The number of rotatable bonds is 2. The molecule has 2 rings (SSSR count). The van der Waals surface area contributed by atoms with Gasteiger partial charge >= 0.3 is 0 Å². The minimum atomic E-state index is 0.634. The molecule has 0 aliphatic carbocycles. The van der Waals surface area contributed by atoms with Crippen LogP contribution in [0.2, 0.25) is 0 Å². The SMILES string of the molecule is NCCc1cccc2c1OCCOC2. The molecular weight excluding hydrogens is 178 g/mol. The van der Waals surface area contributed by atoms with Crippen LogP contribution in [0.3, 0.4) is 0 Å². The first kappa shape index (κ1) is 9.49. The zero-order chi connectivity index (χ0) is 9.80. The Kier molecular flexibility index (Phi) is 3.01. The van der Waals surface area contributed by atoms with Gasteiger partial charge in [0.15, 0.2) is 0 Å². The molecule has 76 valence electrons. The van der Waals surface area contributed by atoms with Gasteiger partial charge in [0.25, 0.3) is 0 Å². The van der Waals surface area contributed by atoms with Gasteiger partial charge in [0.1, 0.15) is 12.4 Å². The fourth-order valence-corrected chi connectivity index (χ4v) is 1.67. The van der Waals surface area contributed by atoms with Crippen molar-refractivity contribution in [3.05, 3.63) is 29.3 Å². The summed E-state index contributed by atoms with van der Waals surface area (Å²) in [6, 6.07) is 6.14. The van der Waals surface area contributed by atoms with Gasteiger partial charge in [-0.05, 0) is 18.5 Å². The number of nitrogens with two attached hydrogens (primary N) is 1. The summed E-state index contributed by atoms with van der Waals surface area (Å²) in [5.41, 5.74) is 7.87. The normalized spacial score (nSPS) is 15.5. The van der Waals surface area contributed by atoms with E-state index in [0.717, 1.165) is 17.7 Å². The molecule has 0 aromatic heterocycles. The predicted octanol–water partition coefficient (Wildman–Crippen LogP) is 1.10. The summed E-state index contributed by atoms with van der Waals surface area (Å²) in [6.07, 6.45) is 0.864. The molecule has 1 heterocycles. The van der Waals surface area contributed by atoms with Crippen molar-refractivity contribution < 1.29 is 9.47 Å². The maximum Gasteiger partial charge on any atom is 0.128 e. The van der Waals surface area contributed by atoms with Crippen LogP contribution in [0.25, 0.3) is 0 Å². The number of hydrogen-bond donors (Lipinski definition) is 1. The van der Waals surface area contributed by atoms with Crippen LogP contribution >= 0.6 is 0 Å². The van der Waals surface area contributed by atoms with Crippen molar-refractivity contribution in [3.8, 4) is 5.75 Å². The lowest BCUT2D eigenvalue weighted by atomic mass is 10.1. The molecule has 0 unspecified atom stereocenters. The average molecular weight is 193 g/mol. The Bertz CT molecular complexity index is 312. The van der Waals surface area contributed by atoms with E-state index in [4.69, 9.17) is 15.2 Å². The standard InChI is InChI=1S/C11H15NO2/c12-5-4-9-2-1-3-10-8-13-6-7-14-11(9)10/h1-3H,4-8,12H2. The predicted molar refractivity (Wildman–Crippen MR) is 54.4 cm³/mol. The summed E-state index contributed by atoms with van der Waals surface area (Å²) >= 11 is 0. The third-order valence-electron chi connectivity index (χ3n) is 2.32. The van der Waals surface area contributed by atoms with E-state index in [1.165, 1.54) is 5.56 Å². The Balaban J connectivity index is 2.32. The van der Waals surface area contributed by atoms with Crippen LogP contribution in [0, 0.1) is 0 Å². The fourth-order valence-electron chi connectivity index (χ4n) is 1.67. The van der Waals surface area contributed by atoms with Crippen LogP contribution in [0.1, 0.15) is 11.1 Å². The number of fused-ring (bicyclic) bond motifs is 1. The molecule has 1 aliphatic rings. The van der Waals surface area contributed by atoms with Crippen LogP contribution in [-0.2, 0) is 17.8 Å². The van der Waals surface area contributed by atoms with Gasteiger partial charge in [-0.1, -0.05) is 18.2 Å². The largest absolute Gasteiger partial charge is 0.491 e. The highest BCUT2D eigenvalue weighted by molar-refractivity contribution is 5.41. The molecule has 2 N–H and O–H groups in total. The van der Waals surface area contributed by atoms with Crippen molar-refractivity contribution in [1.82, 2.24) is 0 Å². The lowest BCUT2D eigenvalue weighted by Gasteiger charge is -2.11. The van der Waals surface area contributed by atoms with Gasteiger partial charge in [0.05, 0.1) is 13.2 Å². The molecule has 3 nitrogen and oxygen atoms in total. The molecule has 0 bridgehead atoms. The molecule has 3 heteroatoms. The van der Waals surface area contributed by atoms with Gasteiger partial charge in [0, 0.05) is 5.56 Å². The van der Waals surface area contributed by atoms with E-state index in [2.05, 4.69) is 6.07 Å². The lowest BCUT2D eigenvalue weighted by molar-refractivity contribution is 0.106. The maximum atomic E-state index is 5.65. The van der Waals surface area contributed by atoms with Crippen LogP contribution in [0.4, 0.5) is 0 Å². The quantitative estimate of drug-likeness (QED) is 0.764. The molecule has 1 aromatic rings. The van der Waals surface area contributed by atoms with Gasteiger partial charge in [-0.2, -0.15) is 0 Å². The third-order valence-corrected chi connectivity index (χ3v) is 2.32. The number of benzene rings is 1. The maximum absolute atomic E-state index is 5.65. The summed E-state index contributed by atoms with van der Waals surface area (Å²) in [5.74, 6) is 0.982. The highest BCUT2D eigenvalue weighted by atomic mass is 16.5. The van der Waals surface area contributed by atoms with Crippen molar-refractivity contribution in [1.29, 1.82) is 0 Å². The smallest absolute Gasteiger partial charge is 0.128 e. The summed E-state index contributed by atoms with van der Waals surface area (Å²) in [6.45, 7) is 2.60. The Morgan fingerprint density at radius 3 is 3.07 bits per heavy atom. The topological polar surface area (TPSA) is 44.5 Å². The van der Waals surface area contributed by atoms with Crippen molar-refractivity contribution in [3.63, 3.8) is 0 Å². The monoisotopic (exact) mass is 193 g/mol. The average Bonchev–Trinajstić information content (AvgIpc) is 2.44. The molecular formula is C11H15NO2. The van der Waals surface area contributed by atoms with E-state index in [9.17, 15) is 0 Å². The second kappa shape index (κ2) is 4.44. The molecule has 0 amide bonds. The molecule has 0 saturated carbocycles. The van der Waals surface area contributed by atoms with Crippen LogP contribution in [-0.4, -0.2) is 19.8 Å². The van der Waals surface area contributed by atoms with Crippen molar-refractivity contribution in [2.75, 3.05) is 19.8 Å². The van der Waals surface area contributed by atoms with Gasteiger partial charge in [-0.3, -0.25) is 0 Å². The number of ether oxygens (including phenoxy) is 2. The van der Waals surface area contributed by atoms with E-state index in [-0.39, 0.29) is 0 Å². The Morgan fingerprint density at radius 1 is 1.29 bits per heavy atom. The van der Waals surface area contributed by atoms with Crippen LogP contribution in [0.5, 0.6) is 5.75 Å². The molecule has 0 saturated heterocycles. The minimum Gasteiger partial charge on any atom is -0.491 e. The Hall–Kier alpha value is -1.06. The molecule has 0 atom stereocenters. The second-order valence-electron chi connectivity index (χ2n) is 3.35. The van der Waals surface area contributed by atoms with Gasteiger partial charge < -0.3 is 15.2 Å². The third kappa shape index (κ3) is 1.89. The molecule has 0 fully saturated rings. The molecule has 1 aromatic carbocycles. The number of para-hydroxylation sites is 1. The van der Waals surface area contributed by atoms with Crippen LogP contribution in [0.15, 0.2) is 18.2 Å². The minimum absolute atomic E-state index is 0.634. The van der Waals surface area contributed by atoms with E-state index in [0.29, 0.717) is 26.4 Å². The first-order valence-corrected chi connectivity index (χ1v) is 4.93.